The third-order valence-electron chi connectivity index (χ3n) is 2.96. The van der Waals surface area contributed by atoms with Crippen molar-refractivity contribution in [1.29, 1.82) is 0 Å². The highest BCUT2D eigenvalue weighted by atomic mass is 32.1. The monoisotopic (exact) mass is 288 g/mol. The quantitative estimate of drug-likeness (QED) is 0.416. The van der Waals surface area contributed by atoms with E-state index in [0.29, 0.717) is 26.6 Å². The van der Waals surface area contributed by atoms with Gasteiger partial charge in [0, 0.05) is 23.7 Å². The highest BCUT2D eigenvalue weighted by molar-refractivity contribution is 7.22. The zero-order valence-electron chi connectivity index (χ0n) is 10.3. The van der Waals surface area contributed by atoms with Crippen molar-refractivity contribution >= 4 is 43.1 Å². The van der Waals surface area contributed by atoms with Gasteiger partial charge in [0.05, 0.1) is 20.5 Å². The molecule has 3 aromatic rings. The van der Waals surface area contributed by atoms with Crippen molar-refractivity contribution in [2.75, 3.05) is 5.73 Å². The van der Waals surface area contributed by atoms with Gasteiger partial charge in [-0.05, 0) is 12.5 Å². The maximum absolute atomic E-state index is 11.8. The number of nitro benzene ring substituents is 1. The second kappa shape index (κ2) is 4.20. The van der Waals surface area contributed by atoms with Crippen LogP contribution in [0.15, 0.2) is 23.1 Å². The highest BCUT2D eigenvalue weighted by Gasteiger charge is 2.14. The molecule has 8 heteroatoms. The molecule has 3 rings (SSSR count). The van der Waals surface area contributed by atoms with Crippen molar-refractivity contribution in [3.63, 3.8) is 0 Å². The number of non-ortho nitro benzene ring substituents is 1. The van der Waals surface area contributed by atoms with Gasteiger partial charge < -0.3 is 5.73 Å². The molecule has 2 heterocycles. The van der Waals surface area contributed by atoms with E-state index in [4.69, 9.17) is 5.73 Å². The van der Waals surface area contributed by atoms with Gasteiger partial charge in [0.2, 0.25) is 0 Å². The summed E-state index contributed by atoms with van der Waals surface area (Å²) in [7, 11) is 0. The summed E-state index contributed by atoms with van der Waals surface area (Å²) in [6.45, 7) is 1.74. The largest absolute Gasteiger partial charge is 0.375 e. The van der Waals surface area contributed by atoms with E-state index >= 15 is 0 Å². The van der Waals surface area contributed by atoms with Crippen LogP contribution in [0.3, 0.4) is 0 Å². The number of nitrogens with two attached hydrogens (primary N) is 1. The Labute approximate surface area is 115 Å². The van der Waals surface area contributed by atoms with Crippen LogP contribution in [0.1, 0.15) is 5.56 Å². The Hall–Kier alpha value is -2.61. The third-order valence-corrected chi connectivity index (χ3v) is 3.90. The van der Waals surface area contributed by atoms with E-state index in [1.807, 2.05) is 0 Å². The predicted octanol–water partition coefficient (Wildman–Crippen LogP) is 2.00. The molecule has 100 valence electrons. The average molecular weight is 288 g/mol. The number of aromatic nitrogens is 2. The fourth-order valence-corrected chi connectivity index (χ4v) is 2.95. The number of hydrogen-bond donors (Lipinski definition) is 1. The number of benzene rings is 1. The standard InChI is InChI=1S/C12H8N4O3S/c1-5-2-6(16(18)19)3-7-9(5)14-4-8-10(7)20-12(13)15-11(8)17/h2-4H,1H3,(H2,13,15,17). The van der Waals surface area contributed by atoms with Crippen molar-refractivity contribution in [1.82, 2.24) is 9.97 Å². The van der Waals surface area contributed by atoms with Crippen LogP contribution in [0.4, 0.5) is 10.8 Å². The minimum Gasteiger partial charge on any atom is -0.375 e. The summed E-state index contributed by atoms with van der Waals surface area (Å²) in [5.74, 6) is 0. The van der Waals surface area contributed by atoms with Gasteiger partial charge in [0.15, 0.2) is 5.13 Å². The molecule has 0 bridgehead atoms. The molecule has 7 nitrogen and oxygen atoms in total. The second-order valence-corrected chi connectivity index (χ2v) is 5.30. The van der Waals surface area contributed by atoms with Gasteiger partial charge in [0.25, 0.3) is 11.2 Å². The molecule has 20 heavy (non-hydrogen) atoms. The maximum atomic E-state index is 11.8. The van der Waals surface area contributed by atoms with Crippen LogP contribution in [0.25, 0.3) is 21.0 Å². The number of nitrogens with zero attached hydrogens (tertiary/aromatic N) is 3. The van der Waals surface area contributed by atoms with Crippen molar-refractivity contribution < 1.29 is 4.92 Å². The van der Waals surface area contributed by atoms with Crippen molar-refractivity contribution in [2.45, 2.75) is 6.92 Å². The summed E-state index contributed by atoms with van der Waals surface area (Å²) in [6, 6.07) is 2.86. The number of anilines is 1. The van der Waals surface area contributed by atoms with Crippen molar-refractivity contribution in [2.24, 2.45) is 0 Å². The molecule has 0 saturated carbocycles. The summed E-state index contributed by atoms with van der Waals surface area (Å²) in [6.07, 6.45) is 1.43. The van der Waals surface area contributed by atoms with E-state index in [1.165, 1.54) is 18.3 Å². The van der Waals surface area contributed by atoms with E-state index < -0.39 is 10.5 Å². The first kappa shape index (κ1) is 12.4. The lowest BCUT2D eigenvalue weighted by Gasteiger charge is -2.05. The average Bonchev–Trinajstić information content (AvgIpc) is 2.38. The molecule has 0 aliphatic rings. The lowest BCUT2D eigenvalue weighted by Crippen LogP contribution is -2.08. The Balaban J connectivity index is 2.58. The molecule has 0 radical (unpaired) electrons. The molecule has 0 saturated heterocycles. The molecule has 1 aromatic carbocycles. The summed E-state index contributed by atoms with van der Waals surface area (Å²) < 4.78 is 0.569. The number of nitrogen functional groups attached to an aromatic ring is 1. The first-order chi connectivity index (χ1) is 9.47. The summed E-state index contributed by atoms with van der Waals surface area (Å²) in [5.41, 5.74) is 6.37. The van der Waals surface area contributed by atoms with Gasteiger partial charge >= 0.3 is 0 Å². The third kappa shape index (κ3) is 1.77. The van der Waals surface area contributed by atoms with Gasteiger partial charge in [-0.15, -0.1) is 0 Å². The number of fused-ring (bicyclic) bond motifs is 3. The molecule has 0 aliphatic heterocycles. The minimum absolute atomic E-state index is 0.0423. The van der Waals surface area contributed by atoms with Crippen molar-refractivity contribution in [3.8, 4) is 0 Å². The first-order valence-corrected chi connectivity index (χ1v) is 6.43. The smallest absolute Gasteiger partial charge is 0.282 e. The maximum Gasteiger partial charge on any atom is 0.282 e. The first-order valence-electron chi connectivity index (χ1n) is 5.61. The molecule has 0 spiro atoms. The Morgan fingerprint density at radius 3 is 2.80 bits per heavy atom. The topological polar surface area (TPSA) is 112 Å². The van der Waals surface area contributed by atoms with E-state index in [-0.39, 0.29) is 10.8 Å². The molecule has 0 atom stereocenters. The van der Waals surface area contributed by atoms with Crippen LogP contribution in [-0.4, -0.2) is 14.9 Å². The fourth-order valence-electron chi connectivity index (χ4n) is 2.09. The van der Waals surface area contributed by atoms with Crippen LogP contribution in [-0.2, 0) is 0 Å². The molecule has 2 aromatic heterocycles. The minimum atomic E-state index is -0.477. The van der Waals surface area contributed by atoms with E-state index in [1.54, 1.807) is 6.92 Å². The predicted molar refractivity (Wildman–Crippen MR) is 77.0 cm³/mol. The fraction of sp³-hybridized carbons (Fsp3) is 0.0833. The zero-order chi connectivity index (χ0) is 14.4. The van der Waals surface area contributed by atoms with Gasteiger partial charge in [-0.1, -0.05) is 11.3 Å². The van der Waals surface area contributed by atoms with E-state index in [0.717, 1.165) is 11.3 Å². The lowest BCUT2D eigenvalue weighted by molar-refractivity contribution is -0.384. The molecule has 2 N–H and O–H groups in total. The summed E-state index contributed by atoms with van der Waals surface area (Å²) in [4.78, 5) is 30.1. The van der Waals surface area contributed by atoms with Gasteiger partial charge in [-0.2, -0.15) is 4.98 Å². The number of aryl methyl sites for hydroxylation is 1. The van der Waals surface area contributed by atoms with Gasteiger partial charge in [-0.25, -0.2) is 0 Å². The Morgan fingerprint density at radius 2 is 2.10 bits per heavy atom. The van der Waals surface area contributed by atoms with Gasteiger partial charge in [-0.3, -0.25) is 19.9 Å². The molecular weight excluding hydrogens is 280 g/mol. The molecule has 0 amide bonds. The normalized spacial score (nSPS) is 11.1. The van der Waals surface area contributed by atoms with Crippen LogP contribution in [0.5, 0.6) is 0 Å². The summed E-state index contributed by atoms with van der Waals surface area (Å²) >= 11 is 1.12. The Bertz CT molecular complexity index is 935. The number of pyridine rings is 1. The highest BCUT2D eigenvalue weighted by Crippen LogP contribution is 2.31. The zero-order valence-corrected chi connectivity index (χ0v) is 11.1. The van der Waals surface area contributed by atoms with Crippen LogP contribution in [0, 0.1) is 17.0 Å². The molecule has 0 aliphatic carbocycles. The Morgan fingerprint density at radius 1 is 1.35 bits per heavy atom. The SMILES string of the molecule is Cc1cc([N+](=O)[O-])cc2c1ncc1c(=O)nc(N)sc12. The van der Waals surface area contributed by atoms with Crippen molar-refractivity contribution in [3.05, 3.63) is 44.4 Å². The lowest BCUT2D eigenvalue weighted by atomic mass is 10.1. The van der Waals surface area contributed by atoms with Gasteiger partial charge in [0.1, 0.15) is 0 Å². The number of hydrogen-bond acceptors (Lipinski definition) is 7. The number of rotatable bonds is 1. The Kier molecular flexibility index (Phi) is 2.61. The summed E-state index contributed by atoms with van der Waals surface area (Å²) in [5, 5.41) is 11.9. The number of nitro groups is 1. The van der Waals surface area contributed by atoms with Crippen LogP contribution in [0.2, 0.25) is 0 Å². The second-order valence-electron chi connectivity index (χ2n) is 4.27. The van der Waals surface area contributed by atoms with E-state index in [9.17, 15) is 14.9 Å². The van der Waals surface area contributed by atoms with E-state index in [2.05, 4.69) is 9.97 Å². The molecule has 0 unspecified atom stereocenters. The molecule has 0 fully saturated rings. The van der Waals surface area contributed by atoms with Crippen LogP contribution >= 0.6 is 11.3 Å². The van der Waals surface area contributed by atoms with Crippen LogP contribution < -0.4 is 11.3 Å². The molecular formula is C12H8N4O3S.